The number of hydrogen-bond donors (Lipinski definition) is 3. The number of benzene rings is 1. The lowest BCUT2D eigenvalue weighted by Crippen LogP contribution is -2.57. The van der Waals surface area contributed by atoms with Gasteiger partial charge < -0.3 is 29.5 Å². The van der Waals surface area contributed by atoms with Crippen LogP contribution in [0, 0.1) is 34.5 Å². The minimum absolute atomic E-state index is 0.000586. The maximum absolute atomic E-state index is 12.3. The van der Waals surface area contributed by atoms with Crippen molar-refractivity contribution < 1.29 is 29.5 Å². The Bertz CT molecular complexity index is 1180. The summed E-state index contributed by atoms with van der Waals surface area (Å²) in [5, 5.41) is 32.3. The molecule has 1 spiro atoms. The van der Waals surface area contributed by atoms with Crippen molar-refractivity contribution in [1.82, 2.24) is 0 Å². The van der Waals surface area contributed by atoms with E-state index in [4.69, 9.17) is 19.3 Å². The highest BCUT2D eigenvalue weighted by Crippen LogP contribution is 2.65. The van der Waals surface area contributed by atoms with Crippen LogP contribution in [0.15, 0.2) is 35.4 Å². The Labute approximate surface area is 239 Å². The van der Waals surface area contributed by atoms with Crippen molar-refractivity contribution in [2.75, 3.05) is 33.0 Å². The van der Waals surface area contributed by atoms with Crippen LogP contribution < -0.4 is 0 Å². The molecule has 1 heterocycles. The molecule has 3 saturated carbocycles. The van der Waals surface area contributed by atoms with Crippen LogP contribution >= 0.6 is 0 Å². The summed E-state index contributed by atoms with van der Waals surface area (Å²) < 4.78 is 18.0. The molecule has 1 aromatic rings. The van der Waals surface area contributed by atoms with E-state index in [0.29, 0.717) is 44.7 Å². The first-order valence-corrected chi connectivity index (χ1v) is 15.3. The van der Waals surface area contributed by atoms with Gasteiger partial charge in [0.2, 0.25) is 0 Å². The van der Waals surface area contributed by atoms with Crippen molar-refractivity contribution in [2.24, 2.45) is 22.7 Å². The average molecular weight is 551 g/mol. The standard InChI is InChI=1S/C34H46O6/c1-31(2)21-39-34(40-22-31)15-13-28-30-25(12-14-33(28,37)20-34)27-10-11-29(36)32(27,3)19-26(30)24-8-6-23(7-9-24)5-4-17-38-18-16-35/h6-9,25-27,29,35-37H,10-22H2,1-3H3/t25?,26-,27?,29+,32+,33?/m1/s1. The zero-order valence-electron chi connectivity index (χ0n) is 24.4. The predicted molar refractivity (Wildman–Crippen MR) is 152 cm³/mol. The van der Waals surface area contributed by atoms with Crippen LogP contribution in [0.25, 0.3) is 0 Å². The van der Waals surface area contributed by atoms with Crippen LogP contribution in [0.1, 0.15) is 89.2 Å². The van der Waals surface area contributed by atoms with Crippen molar-refractivity contribution >= 4 is 0 Å². The van der Waals surface area contributed by atoms with Gasteiger partial charge in [-0.2, -0.15) is 0 Å². The lowest BCUT2D eigenvalue weighted by molar-refractivity contribution is -0.322. The summed E-state index contributed by atoms with van der Waals surface area (Å²) in [6.07, 6.45) is 6.30. The predicted octanol–water partition coefficient (Wildman–Crippen LogP) is 4.70. The molecule has 40 heavy (non-hydrogen) atoms. The van der Waals surface area contributed by atoms with E-state index < -0.39 is 11.4 Å². The highest BCUT2D eigenvalue weighted by molar-refractivity contribution is 5.45. The molecule has 0 bridgehead atoms. The minimum Gasteiger partial charge on any atom is -0.394 e. The van der Waals surface area contributed by atoms with Crippen LogP contribution in [0.3, 0.4) is 0 Å². The van der Waals surface area contributed by atoms with E-state index in [1.807, 2.05) is 0 Å². The Morgan fingerprint density at radius 3 is 2.50 bits per heavy atom. The Morgan fingerprint density at radius 2 is 1.77 bits per heavy atom. The molecule has 4 aliphatic carbocycles. The number of ether oxygens (including phenoxy) is 3. The second-order valence-electron chi connectivity index (χ2n) is 14.1. The Hall–Kier alpha value is -1.72. The molecule has 6 heteroatoms. The molecule has 0 amide bonds. The number of allylic oxidation sites excluding steroid dienone is 1. The molecule has 0 aromatic heterocycles. The molecule has 6 atom stereocenters. The average Bonchev–Trinajstić information content (AvgIpc) is 3.23. The van der Waals surface area contributed by atoms with Crippen LogP contribution in [-0.2, 0) is 14.2 Å². The molecular formula is C34H46O6. The third-order valence-corrected chi connectivity index (χ3v) is 10.8. The van der Waals surface area contributed by atoms with Crippen molar-refractivity contribution in [1.29, 1.82) is 0 Å². The normalized spacial score (nSPS) is 37.8. The van der Waals surface area contributed by atoms with Gasteiger partial charge in [0.25, 0.3) is 0 Å². The smallest absolute Gasteiger partial charge is 0.171 e. The molecule has 1 saturated heterocycles. The molecule has 6 nitrogen and oxygen atoms in total. The van der Waals surface area contributed by atoms with Crippen molar-refractivity contribution in [3.8, 4) is 11.8 Å². The quantitative estimate of drug-likeness (QED) is 0.286. The summed E-state index contributed by atoms with van der Waals surface area (Å²) in [7, 11) is 0. The molecule has 218 valence electrons. The number of hydrogen-bond acceptors (Lipinski definition) is 6. The van der Waals surface area contributed by atoms with E-state index in [9.17, 15) is 10.2 Å². The highest BCUT2D eigenvalue weighted by atomic mass is 16.7. The van der Waals surface area contributed by atoms with E-state index in [2.05, 4.69) is 56.9 Å². The second-order valence-corrected chi connectivity index (χ2v) is 14.1. The van der Waals surface area contributed by atoms with E-state index in [1.54, 1.807) is 0 Å². The van der Waals surface area contributed by atoms with Crippen molar-refractivity contribution in [3.05, 3.63) is 46.5 Å². The lowest BCUT2D eigenvalue weighted by atomic mass is 9.51. The van der Waals surface area contributed by atoms with Gasteiger partial charge in [0.05, 0.1) is 38.1 Å². The maximum Gasteiger partial charge on any atom is 0.171 e. The Kier molecular flexibility index (Phi) is 7.47. The van der Waals surface area contributed by atoms with Gasteiger partial charge in [0.1, 0.15) is 6.61 Å². The highest BCUT2D eigenvalue weighted by Gasteiger charge is 2.60. The van der Waals surface area contributed by atoms with Gasteiger partial charge in [-0.05, 0) is 79.0 Å². The number of aliphatic hydroxyl groups is 3. The van der Waals surface area contributed by atoms with Crippen molar-refractivity contribution in [2.45, 2.75) is 95.5 Å². The summed E-state index contributed by atoms with van der Waals surface area (Å²) in [6.45, 7) is 8.53. The van der Waals surface area contributed by atoms with Crippen molar-refractivity contribution in [3.63, 3.8) is 0 Å². The van der Waals surface area contributed by atoms with Crippen LogP contribution in [0.5, 0.6) is 0 Å². The molecule has 6 rings (SSSR count). The molecule has 1 aliphatic heterocycles. The van der Waals surface area contributed by atoms with Gasteiger partial charge in [-0.3, -0.25) is 0 Å². The zero-order valence-corrected chi connectivity index (χ0v) is 24.4. The molecule has 1 aromatic carbocycles. The fraction of sp³-hybridized carbons (Fsp3) is 0.706. The fourth-order valence-corrected chi connectivity index (χ4v) is 8.65. The first kappa shape index (κ1) is 28.4. The summed E-state index contributed by atoms with van der Waals surface area (Å²) >= 11 is 0. The van der Waals surface area contributed by atoms with E-state index >= 15 is 0 Å². The van der Waals surface area contributed by atoms with Gasteiger partial charge in [0.15, 0.2) is 5.79 Å². The molecule has 3 N–H and O–H groups in total. The van der Waals surface area contributed by atoms with Gasteiger partial charge in [0, 0.05) is 29.7 Å². The fourth-order valence-electron chi connectivity index (χ4n) is 8.65. The van der Waals surface area contributed by atoms with Crippen LogP contribution in [-0.4, -0.2) is 65.8 Å². The second kappa shape index (κ2) is 10.5. The van der Waals surface area contributed by atoms with Crippen LogP contribution in [0.4, 0.5) is 0 Å². The van der Waals surface area contributed by atoms with E-state index in [-0.39, 0.29) is 29.5 Å². The first-order valence-electron chi connectivity index (χ1n) is 15.3. The molecule has 3 unspecified atom stereocenters. The largest absolute Gasteiger partial charge is 0.394 e. The molecule has 0 radical (unpaired) electrons. The van der Waals surface area contributed by atoms with Gasteiger partial charge in [-0.1, -0.05) is 50.3 Å². The number of fused-ring (bicyclic) bond motifs is 4. The molecular weight excluding hydrogens is 504 g/mol. The SMILES string of the molecule is CC1(C)COC2(CCC3=C4C(CCC3(O)C2)C2CC[C@H](O)[C@@]2(C)C[C@@H]4c2ccc(C#CCOCCO)cc2)OC1. The minimum atomic E-state index is -0.908. The number of aliphatic hydroxyl groups excluding tert-OH is 2. The third kappa shape index (κ3) is 4.97. The summed E-state index contributed by atoms with van der Waals surface area (Å²) in [6, 6.07) is 8.52. The summed E-state index contributed by atoms with van der Waals surface area (Å²) in [4.78, 5) is 0. The first-order chi connectivity index (χ1) is 19.1. The Morgan fingerprint density at radius 1 is 1.02 bits per heavy atom. The third-order valence-electron chi connectivity index (χ3n) is 10.8. The molecule has 5 aliphatic rings. The van der Waals surface area contributed by atoms with E-state index in [0.717, 1.165) is 50.5 Å². The zero-order chi connectivity index (χ0) is 28.2. The number of rotatable bonds is 4. The topological polar surface area (TPSA) is 88.4 Å². The maximum atomic E-state index is 12.3. The molecule has 4 fully saturated rings. The van der Waals surface area contributed by atoms with Gasteiger partial charge in [-0.25, -0.2) is 0 Å². The lowest BCUT2D eigenvalue weighted by Gasteiger charge is -2.57. The van der Waals surface area contributed by atoms with Gasteiger partial charge in [-0.15, -0.1) is 0 Å². The Balaban J connectivity index is 1.33. The monoisotopic (exact) mass is 550 g/mol. The van der Waals surface area contributed by atoms with Gasteiger partial charge >= 0.3 is 0 Å². The summed E-state index contributed by atoms with van der Waals surface area (Å²) in [5.41, 5.74) is 3.81. The van der Waals surface area contributed by atoms with E-state index in [1.165, 1.54) is 16.7 Å². The summed E-state index contributed by atoms with van der Waals surface area (Å²) in [5.74, 6) is 6.49. The van der Waals surface area contributed by atoms with Crippen LogP contribution in [0.2, 0.25) is 0 Å².